The van der Waals surface area contributed by atoms with Gasteiger partial charge in [0, 0.05) is 18.2 Å². The summed E-state index contributed by atoms with van der Waals surface area (Å²) in [6, 6.07) is 19.2. The lowest BCUT2D eigenvalue weighted by molar-refractivity contribution is -0.131. The first kappa shape index (κ1) is 28.8. The molecule has 0 saturated heterocycles. The van der Waals surface area contributed by atoms with Gasteiger partial charge in [-0.15, -0.1) is 0 Å². The fourth-order valence-electron chi connectivity index (χ4n) is 5.94. The van der Waals surface area contributed by atoms with Gasteiger partial charge in [-0.05, 0) is 72.7 Å². The van der Waals surface area contributed by atoms with Gasteiger partial charge in [-0.2, -0.15) is 0 Å². The number of amides is 2. The minimum atomic E-state index is -1.49. The minimum absolute atomic E-state index is 0.0628. The zero-order valence-corrected chi connectivity index (χ0v) is 23.4. The number of aryl methyl sites for hydroxylation is 1. The van der Waals surface area contributed by atoms with Gasteiger partial charge in [0.2, 0.25) is 11.8 Å². The highest BCUT2D eigenvalue weighted by molar-refractivity contribution is 6.04. The van der Waals surface area contributed by atoms with Crippen LogP contribution in [0, 0.1) is 5.92 Å². The number of aromatic hydroxyl groups is 1. The molecular formula is C32H38N2O6. The lowest BCUT2D eigenvalue weighted by atomic mass is 9.69. The van der Waals surface area contributed by atoms with Gasteiger partial charge in [0.15, 0.2) is 17.0 Å². The first-order valence-corrected chi connectivity index (χ1v) is 13.6. The molecule has 0 bridgehead atoms. The summed E-state index contributed by atoms with van der Waals surface area (Å²) in [5.41, 5.74) is 6.84. The molecule has 3 aromatic carbocycles. The average molecular weight is 547 g/mol. The first-order chi connectivity index (χ1) is 19.3. The Morgan fingerprint density at radius 1 is 0.900 bits per heavy atom. The Labute approximate surface area is 235 Å². The summed E-state index contributed by atoms with van der Waals surface area (Å²) in [7, 11) is 4.67. The molecule has 40 heavy (non-hydrogen) atoms. The molecule has 1 atom stereocenters. The fraction of sp³-hybridized carbons (Fsp3) is 0.375. The second kappa shape index (κ2) is 12.8. The van der Waals surface area contributed by atoms with Crippen LogP contribution in [0.4, 0.5) is 5.69 Å². The second-order valence-electron chi connectivity index (χ2n) is 10.1. The highest BCUT2D eigenvalue weighted by atomic mass is 16.5. The average Bonchev–Trinajstić information content (AvgIpc) is 2.99. The molecule has 0 aliphatic heterocycles. The van der Waals surface area contributed by atoms with Crippen molar-refractivity contribution in [3.63, 3.8) is 0 Å². The number of primary amides is 1. The van der Waals surface area contributed by atoms with Crippen LogP contribution >= 0.6 is 0 Å². The molecule has 8 heteroatoms. The Morgan fingerprint density at radius 3 is 2.23 bits per heavy atom. The van der Waals surface area contributed by atoms with Crippen LogP contribution in [-0.2, 0) is 21.5 Å². The van der Waals surface area contributed by atoms with Crippen LogP contribution in [0.15, 0.2) is 66.7 Å². The molecule has 212 valence electrons. The van der Waals surface area contributed by atoms with Gasteiger partial charge >= 0.3 is 0 Å². The molecule has 1 saturated carbocycles. The van der Waals surface area contributed by atoms with Crippen LogP contribution in [0.5, 0.6) is 23.0 Å². The Bertz CT molecular complexity index is 1320. The number of carbonyl (C=O) groups excluding carboxylic acids is 2. The lowest BCUT2D eigenvalue weighted by Crippen LogP contribution is -2.62. The summed E-state index contributed by atoms with van der Waals surface area (Å²) in [4.78, 5) is 29.8. The number of rotatable bonds is 11. The van der Waals surface area contributed by atoms with E-state index in [0.717, 1.165) is 37.7 Å². The molecule has 3 aromatic rings. The maximum absolute atomic E-state index is 14.4. The first-order valence-electron chi connectivity index (χ1n) is 13.6. The van der Waals surface area contributed by atoms with Crippen molar-refractivity contribution < 1.29 is 28.9 Å². The Balaban J connectivity index is 1.90. The smallest absolute Gasteiger partial charge is 0.248 e. The third kappa shape index (κ3) is 5.71. The van der Waals surface area contributed by atoms with Crippen molar-refractivity contribution in [2.24, 2.45) is 11.7 Å². The predicted molar refractivity (Wildman–Crippen MR) is 154 cm³/mol. The van der Waals surface area contributed by atoms with E-state index in [1.165, 1.54) is 19.2 Å². The van der Waals surface area contributed by atoms with Gasteiger partial charge in [0.05, 0.1) is 21.3 Å². The second-order valence-corrected chi connectivity index (χ2v) is 10.1. The number of benzene rings is 3. The number of ether oxygens (including phenoxy) is 3. The largest absolute Gasteiger partial charge is 0.508 e. The Kier molecular flexibility index (Phi) is 9.19. The molecule has 3 N–H and O–H groups in total. The van der Waals surface area contributed by atoms with E-state index in [1.54, 1.807) is 49.5 Å². The topological polar surface area (TPSA) is 111 Å². The predicted octanol–water partition coefficient (Wildman–Crippen LogP) is 5.34. The maximum Gasteiger partial charge on any atom is 0.248 e. The summed E-state index contributed by atoms with van der Waals surface area (Å²) < 4.78 is 16.4. The third-order valence-corrected chi connectivity index (χ3v) is 7.87. The van der Waals surface area contributed by atoms with Crippen molar-refractivity contribution in [1.29, 1.82) is 0 Å². The summed E-state index contributed by atoms with van der Waals surface area (Å²) in [5, 5.41) is 10.1. The zero-order chi connectivity index (χ0) is 28.7. The molecule has 1 unspecified atom stereocenters. The van der Waals surface area contributed by atoms with Crippen molar-refractivity contribution in [2.45, 2.75) is 50.5 Å². The summed E-state index contributed by atoms with van der Waals surface area (Å²) in [5.74, 6) is 0.604. The number of hydrogen-bond donors (Lipinski definition) is 2. The van der Waals surface area contributed by atoms with E-state index in [-0.39, 0.29) is 24.0 Å². The molecular weight excluding hydrogens is 508 g/mol. The summed E-state index contributed by atoms with van der Waals surface area (Å²) in [6.07, 6.45) is 4.94. The van der Waals surface area contributed by atoms with E-state index in [1.807, 2.05) is 24.3 Å². The molecule has 0 aromatic heterocycles. The molecule has 1 fully saturated rings. The molecule has 4 rings (SSSR count). The number of nitrogens with two attached hydrogens (primary N) is 1. The van der Waals surface area contributed by atoms with E-state index in [0.29, 0.717) is 34.9 Å². The highest BCUT2D eigenvalue weighted by Gasteiger charge is 2.53. The van der Waals surface area contributed by atoms with Crippen LogP contribution in [-0.4, -0.2) is 38.3 Å². The molecule has 0 radical (unpaired) electrons. The van der Waals surface area contributed by atoms with Gasteiger partial charge in [-0.25, -0.2) is 0 Å². The SMILES string of the molecule is COc1cccc(CCC(=O)N(c2ccc(OC)c(OC)c2)C(C(N)=O)(c2ccc(O)cc2)C2CCCCC2)c1. The van der Waals surface area contributed by atoms with Gasteiger partial charge in [-0.1, -0.05) is 43.5 Å². The van der Waals surface area contributed by atoms with Crippen LogP contribution in [0.25, 0.3) is 0 Å². The summed E-state index contributed by atoms with van der Waals surface area (Å²) in [6.45, 7) is 0. The number of nitrogens with zero attached hydrogens (tertiary/aromatic N) is 1. The number of methoxy groups -OCH3 is 3. The molecule has 2 amide bonds. The quantitative estimate of drug-likeness (QED) is 0.336. The van der Waals surface area contributed by atoms with Crippen molar-refractivity contribution in [3.05, 3.63) is 77.9 Å². The number of phenolic OH excluding ortho intramolecular Hbond substituents is 1. The Morgan fingerprint density at radius 2 is 1.60 bits per heavy atom. The number of carbonyl (C=O) groups is 2. The molecule has 1 aliphatic carbocycles. The Hall–Kier alpha value is -4.20. The lowest BCUT2D eigenvalue weighted by Gasteiger charge is -2.48. The van der Waals surface area contributed by atoms with Crippen molar-refractivity contribution in [1.82, 2.24) is 0 Å². The van der Waals surface area contributed by atoms with E-state index in [4.69, 9.17) is 19.9 Å². The minimum Gasteiger partial charge on any atom is -0.508 e. The molecule has 0 heterocycles. The van der Waals surface area contributed by atoms with E-state index < -0.39 is 11.4 Å². The number of hydrogen-bond acceptors (Lipinski definition) is 6. The van der Waals surface area contributed by atoms with E-state index >= 15 is 0 Å². The van der Waals surface area contributed by atoms with E-state index in [9.17, 15) is 14.7 Å². The molecule has 0 spiro atoms. The molecule has 8 nitrogen and oxygen atoms in total. The van der Waals surface area contributed by atoms with Gasteiger partial charge in [0.25, 0.3) is 0 Å². The van der Waals surface area contributed by atoms with Gasteiger partial charge < -0.3 is 25.1 Å². The van der Waals surface area contributed by atoms with Gasteiger partial charge in [0.1, 0.15) is 11.5 Å². The van der Waals surface area contributed by atoms with Crippen LogP contribution in [0.1, 0.15) is 49.7 Å². The van der Waals surface area contributed by atoms with Gasteiger partial charge in [-0.3, -0.25) is 14.5 Å². The van der Waals surface area contributed by atoms with Crippen LogP contribution in [0.2, 0.25) is 0 Å². The van der Waals surface area contributed by atoms with Crippen LogP contribution in [0.3, 0.4) is 0 Å². The summed E-state index contributed by atoms with van der Waals surface area (Å²) >= 11 is 0. The van der Waals surface area contributed by atoms with Crippen LogP contribution < -0.4 is 24.8 Å². The maximum atomic E-state index is 14.4. The normalized spacial score (nSPS) is 15.1. The fourth-order valence-corrected chi connectivity index (χ4v) is 5.94. The monoisotopic (exact) mass is 546 g/mol. The van der Waals surface area contributed by atoms with Crippen molar-refractivity contribution in [2.75, 3.05) is 26.2 Å². The molecule has 1 aliphatic rings. The third-order valence-electron chi connectivity index (χ3n) is 7.87. The van der Waals surface area contributed by atoms with E-state index in [2.05, 4.69) is 0 Å². The number of anilines is 1. The van der Waals surface area contributed by atoms with Crippen molar-refractivity contribution in [3.8, 4) is 23.0 Å². The highest BCUT2D eigenvalue weighted by Crippen LogP contribution is 2.47. The standard InChI is InChI=1S/C32H38N2O6/c1-38-27-11-7-8-22(20-27)12-19-30(36)34(25-15-18-28(39-2)29(21-25)40-3)32(31(33)37,23-9-5-4-6-10-23)24-13-16-26(35)17-14-24/h7-8,11,13-18,20-21,23,35H,4-6,9-10,12,19H2,1-3H3,(H2,33,37). The zero-order valence-electron chi connectivity index (χ0n) is 23.4. The number of phenols is 1. The van der Waals surface area contributed by atoms with Crippen molar-refractivity contribution >= 4 is 17.5 Å².